The van der Waals surface area contributed by atoms with Crippen molar-refractivity contribution in [2.24, 2.45) is 0 Å². The van der Waals surface area contributed by atoms with E-state index in [-0.39, 0.29) is 5.91 Å². The predicted octanol–water partition coefficient (Wildman–Crippen LogP) is 6.22. The number of amides is 1. The Morgan fingerprint density at radius 3 is 2.44 bits per heavy atom. The van der Waals surface area contributed by atoms with Crippen molar-refractivity contribution in [1.82, 2.24) is 19.6 Å². The summed E-state index contributed by atoms with van der Waals surface area (Å²) >= 11 is 12.4. The highest BCUT2D eigenvalue weighted by molar-refractivity contribution is 6.42. The van der Waals surface area contributed by atoms with Crippen LogP contribution in [0, 0.1) is 6.92 Å². The molecule has 0 saturated carbocycles. The van der Waals surface area contributed by atoms with Gasteiger partial charge in [0, 0.05) is 38.8 Å². The second-order valence-electron chi connectivity index (χ2n) is 8.74. The van der Waals surface area contributed by atoms with Gasteiger partial charge in [-0.3, -0.25) is 9.69 Å². The molecule has 0 aliphatic carbocycles. The molecule has 0 N–H and O–H groups in total. The van der Waals surface area contributed by atoms with Gasteiger partial charge in [-0.05, 0) is 42.8 Å². The van der Waals surface area contributed by atoms with Crippen molar-refractivity contribution < 1.29 is 9.21 Å². The first-order valence-electron chi connectivity index (χ1n) is 11.8. The Kier molecular flexibility index (Phi) is 7.28. The average Bonchev–Trinajstić information content (AvgIpc) is 3.53. The van der Waals surface area contributed by atoms with Crippen LogP contribution in [0.25, 0.3) is 23.2 Å². The van der Waals surface area contributed by atoms with Gasteiger partial charge in [-0.1, -0.05) is 65.7 Å². The number of piperazine rings is 1. The number of aromatic nitrogens is 2. The number of hydrogen-bond acceptors (Lipinski definition) is 4. The van der Waals surface area contributed by atoms with E-state index in [1.165, 1.54) is 5.56 Å². The van der Waals surface area contributed by atoms with E-state index in [1.807, 2.05) is 42.2 Å². The third-order valence-electron chi connectivity index (χ3n) is 6.20. The molecule has 0 unspecified atom stereocenters. The Morgan fingerprint density at radius 1 is 0.972 bits per heavy atom. The fourth-order valence-electron chi connectivity index (χ4n) is 4.24. The Balaban J connectivity index is 1.33. The van der Waals surface area contributed by atoms with E-state index in [4.69, 9.17) is 27.6 Å². The molecule has 2 aromatic carbocycles. The van der Waals surface area contributed by atoms with Crippen LogP contribution in [-0.4, -0.2) is 58.2 Å². The van der Waals surface area contributed by atoms with Gasteiger partial charge in [-0.2, -0.15) is 5.10 Å². The summed E-state index contributed by atoms with van der Waals surface area (Å²) in [6, 6.07) is 21.0. The first-order valence-corrected chi connectivity index (χ1v) is 12.6. The van der Waals surface area contributed by atoms with Gasteiger partial charge < -0.3 is 9.32 Å². The minimum atomic E-state index is -0.0809. The summed E-state index contributed by atoms with van der Waals surface area (Å²) in [5, 5.41) is 5.53. The molecule has 0 bridgehead atoms. The summed E-state index contributed by atoms with van der Waals surface area (Å²) in [6.45, 7) is 5.60. The third-order valence-corrected chi connectivity index (χ3v) is 6.94. The number of carbonyl (C=O) groups excluding carboxylic acids is 1. The number of hydrogen-bond donors (Lipinski definition) is 0. The quantitative estimate of drug-likeness (QED) is 0.302. The zero-order chi connectivity index (χ0) is 25.1. The molecule has 1 aliphatic heterocycles. The fraction of sp³-hybridized carbons (Fsp3) is 0.214. The first kappa shape index (κ1) is 24.4. The Hall–Kier alpha value is -3.32. The lowest BCUT2D eigenvalue weighted by Gasteiger charge is -2.34. The summed E-state index contributed by atoms with van der Waals surface area (Å²) in [7, 11) is 0. The molecule has 5 rings (SSSR count). The number of halogens is 2. The number of rotatable bonds is 6. The van der Waals surface area contributed by atoms with Gasteiger partial charge in [0.05, 0.1) is 15.7 Å². The average molecular weight is 521 g/mol. The molecular weight excluding hydrogens is 495 g/mol. The van der Waals surface area contributed by atoms with Crippen LogP contribution < -0.4 is 0 Å². The number of furan rings is 1. The molecule has 0 atom stereocenters. The Morgan fingerprint density at radius 2 is 1.75 bits per heavy atom. The lowest BCUT2D eigenvalue weighted by Crippen LogP contribution is -2.49. The SMILES string of the molecule is Cc1ccc(-c2cc(C(=O)N3CCN(C/C=C/c4ccccc4)CC3)n(-c3ccc(Cl)c(Cl)c3)n2)o1. The van der Waals surface area contributed by atoms with Crippen molar-refractivity contribution in [3.63, 3.8) is 0 Å². The topological polar surface area (TPSA) is 54.5 Å². The Bertz CT molecular complexity index is 1390. The highest BCUT2D eigenvalue weighted by Crippen LogP contribution is 2.28. The molecule has 0 radical (unpaired) electrons. The van der Waals surface area contributed by atoms with E-state index in [1.54, 1.807) is 28.9 Å². The lowest BCUT2D eigenvalue weighted by atomic mass is 10.2. The van der Waals surface area contributed by atoms with E-state index in [2.05, 4.69) is 34.3 Å². The van der Waals surface area contributed by atoms with Gasteiger partial charge in [0.1, 0.15) is 17.1 Å². The van der Waals surface area contributed by atoms with Gasteiger partial charge in [0.15, 0.2) is 5.76 Å². The molecule has 36 heavy (non-hydrogen) atoms. The van der Waals surface area contributed by atoms with Crippen LogP contribution in [0.2, 0.25) is 10.0 Å². The molecule has 184 valence electrons. The lowest BCUT2D eigenvalue weighted by molar-refractivity contribution is 0.0641. The molecule has 1 aliphatic rings. The highest BCUT2D eigenvalue weighted by Gasteiger charge is 2.26. The van der Waals surface area contributed by atoms with Crippen LogP contribution >= 0.6 is 23.2 Å². The zero-order valence-corrected chi connectivity index (χ0v) is 21.4. The van der Waals surface area contributed by atoms with E-state index < -0.39 is 0 Å². The fourth-order valence-corrected chi connectivity index (χ4v) is 4.53. The smallest absolute Gasteiger partial charge is 0.272 e. The van der Waals surface area contributed by atoms with E-state index in [0.29, 0.717) is 46.0 Å². The monoisotopic (exact) mass is 520 g/mol. The summed E-state index contributed by atoms with van der Waals surface area (Å²) in [6.07, 6.45) is 4.30. The molecule has 6 nitrogen and oxygen atoms in total. The van der Waals surface area contributed by atoms with Crippen LogP contribution in [0.5, 0.6) is 0 Å². The summed E-state index contributed by atoms with van der Waals surface area (Å²) in [5.41, 5.74) is 2.88. The zero-order valence-electron chi connectivity index (χ0n) is 19.9. The Labute approximate surface area is 220 Å². The van der Waals surface area contributed by atoms with E-state index in [0.717, 1.165) is 25.4 Å². The molecule has 1 fully saturated rings. The van der Waals surface area contributed by atoms with Crippen LogP contribution in [0.15, 0.2) is 77.2 Å². The standard InChI is InChI=1S/C28H26Cl2N4O2/c1-20-9-12-27(36-20)25-19-26(34(31-25)22-10-11-23(29)24(30)18-22)28(35)33-16-14-32(15-17-33)13-5-8-21-6-3-2-4-7-21/h2-12,18-19H,13-17H2,1H3/b8-5+. The largest absolute Gasteiger partial charge is 0.460 e. The maximum absolute atomic E-state index is 13.6. The van der Waals surface area contributed by atoms with Gasteiger partial charge in [0.2, 0.25) is 0 Å². The number of carbonyl (C=O) groups is 1. The number of aryl methyl sites for hydroxylation is 1. The van der Waals surface area contributed by atoms with Crippen LogP contribution in [-0.2, 0) is 0 Å². The van der Waals surface area contributed by atoms with Crippen LogP contribution in [0.3, 0.4) is 0 Å². The van der Waals surface area contributed by atoms with Crippen molar-refractivity contribution >= 4 is 35.2 Å². The predicted molar refractivity (Wildman–Crippen MR) is 144 cm³/mol. The third kappa shape index (κ3) is 5.41. The summed E-state index contributed by atoms with van der Waals surface area (Å²) < 4.78 is 7.38. The van der Waals surface area contributed by atoms with Crippen LogP contribution in [0.4, 0.5) is 0 Å². The number of benzene rings is 2. The summed E-state index contributed by atoms with van der Waals surface area (Å²) in [5.74, 6) is 1.30. The highest BCUT2D eigenvalue weighted by atomic mass is 35.5. The number of nitrogens with zero attached hydrogens (tertiary/aromatic N) is 4. The first-order chi connectivity index (χ1) is 17.5. The molecule has 8 heteroatoms. The van der Waals surface area contributed by atoms with Gasteiger partial charge >= 0.3 is 0 Å². The molecule has 4 aromatic rings. The maximum Gasteiger partial charge on any atom is 0.272 e. The molecule has 1 amide bonds. The molecular formula is C28H26Cl2N4O2. The normalized spacial score (nSPS) is 14.6. The van der Waals surface area contributed by atoms with Crippen molar-refractivity contribution in [2.45, 2.75) is 6.92 Å². The molecule has 1 saturated heterocycles. The van der Waals surface area contributed by atoms with E-state index in [9.17, 15) is 4.79 Å². The minimum Gasteiger partial charge on any atom is -0.460 e. The second kappa shape index (κ2) is 10.7. The van der Waals surface area contributed by atoms with Crippen molar-refractivity contribution in [2.75, 3.05) is 32.7 Å². The van der Waals surface area contributed by atoms with Crippen molar-refractivity contribution in [1.29, 1.82) is 0 Å². The van der Waals surface area contributed by atoms with Crippen molar-refractivity contribution in [3.8, 4) is 17.1 Å². The maximum atomic E-state index is 13.6. The summed E-state index contributed by atoms with van der Waals surface area (Å²) in [4.78, 5) is 17.9. The second-order valence-corrected chi connectivity index (χ2v) is 9.56. The van der Waals surface area contributed by atoms with Gasteiger partial charge in [-0.25, -0.2) is 4.68 Å². The van der Waals surface area contributed by atoms with Crippen molar-refractivity contribution in [3.05, 3.63) is 99.9 Å². The van der Waals surface area contributed by atoms with E-state index >= 15 is 0 Å². The van der Waals surface area contributed by atoms with Crippen LogP contribution in [0.1, 0.15) is 21.8 Å². The van der Waals surface area contributed by atoms with Gasteiger partial charge in [0.25, 0.3) is 5.91 Å². The minimum absolute atomic E-state index is 0.0809. The molecule has 2 aromatic heterocycles. The van der Waals surface area contributed by atoms with Gasteiger partial charge in [-0.15, -0.1) is 0 Å². The molecule has 3 heterocycles. The molecule has 0 spiro atoms.